The van der Waals surface area contributed by atoms with Gasteiger partial charge in [0.1, 0.15) is 11.1 Å². The molecule has 0 N–H and O–H groups in total. The molecule has 1 fully saturated rings. The smallest absolute Gasteiger partial charge is 0.230 e. The number of aldehydes is 1. The lowest BCUT2D eigenvalue weighted by Crippen LogP contribution is -2.28. The Morgan fingerprint density at radius 2 is 2.09 bits per heavy atom. The Labute approximate surface area is 135 Å². The quantitative estimate of drug-likeness (QED) is 0.800. The van der Waals surface area contributed by atoms with Crippen molar-refractivity contribution in [3.63, 3.8) is 0 Å². The summed E-state index contributed by atoms with van der Waals surface area (Å²) in [6.45, 7) is 1.66. The fraction of sp³-hybridized carbons (Fsp3) is 0.250. The molecule has 23 heavy (non-hydrogen) atoms. The van der Waals surface area contributed by atoms with Gasteiger partial charge in [-0.25, -0.2) is 0 Å². The maximum atomic E-state index is 12.4. The number of rotatable bonds is 3. The van der Waals surface area contributed by atoms with Gasteiger partial charge < -0.3 is 4.42 Å². The highest BCUT2D eigenvalue weighted by molar-refractivity contribution is 8.14. The second kappa shape index (κ2) is 6.00. The predicted octanol–water partition coefficient (Wildman–Crippen LogP) is 1.99. The molecular formula is C16H13NO5S. The second-order valence-electron chi connectivity index (χ2n) is 5.20. The molecule has 0 saturated carbocycles. The van der Waals surface area contributed by atoms with Gasteiger partial charge in [0, 0.05) is 25.1 Å². The van der Waals surface area contributed by atoms with E-state index in [-0.39, 0.29) is 40.7 Å². The molecule has 3 rings (SSSR count). The number of benzene rings is 1. The molecule has 1 unspecified atom stereocenters. The molecule has 6 nitrogen and oxygen atoms in total. The van der Waals surface area contributed by atoms with Gasteiger partial charge in [-0.2, -0.15) is 0 Å². The van der Waals surface area contributed by atoms with Crippen LogP contribution in [0.2, 0.25) is 0 Å². The first-order valence-electron chi connectivity index (χ1n) is 7.00. The van der Waals surface area contributed by atoms with Gasteiger partial charge in [0.25, 0.3) is 0 Å². The standard InChI is InChI=1S/C16H13NO5S/c1-9(19)23-10-6-14(20)17(7-10)16-12(8-18)15(21)11-4-2-3-5-13(11)22-16/h2-5,8,10H,6-7H2,1H3. The van der Waals surface area contributed by atoms with E-state index in [1.54, 1.807) is 24.3 Å². The van der Waals surface area contributed by atoms with Gasteiger partial charge in [-0.3, -0.25) is 24.1 Å². The van der Waals surface area contributed by atoms with Crippen molar-refractivity contribution in [3.05, 3.63) is 40.1 Å². The fourth-order valence-corrected chi connectivity index (χ4v) is 3.55. The third-order valence-electron chi connectivity index (χ3n) is 3.60. The summed E-state index contributed by atoms with van der Waals surface area (Å²) < 4.78 is 5.65. The van der Waals surface area contributed by atoms with Gasteiger partial charge in [-0.05, 0) is 12.1 Å². The molecule has 0 spiro atoms. The average Bonchev–Trinajstić information content (AvgIpc) is 2.86. The summed E-state index contributed by atoms with van der Waals surface area (Å²) >= 11 is 1.08. The number of carbonyl (C=O) groups is 3. The number of hydrogen-bond acceptors (Lipinski definition) is 6. The van der Waals surface area contributed by atoms with E-state index in [0.717, 1.165) is 11.8 Å². The van der Waals surface area contributed by atoms with Crippen LogP contribution in [-0.4, -0.2) is 29.1 Å². The van der Waals surface area contributed by atoms with Crippen LogP contribution in [0.3, 0.4) is 0 Å². The molecule has 2 heterocycles. The molecule has 1 aliphatic rings. The van der Waals surface area contributed by atoms with Crippen LogP contribution in [0.4, 0.5) is 5.88 Å². The second-order valence-corrected chi connectivity index (χ2v) is 6.68. The number of fused-ring (bicyclic) bond motifs is 1. The van der Waals surface area contributed by atoms with Crippen LogP contribution < -0.4 is 10.3 Å². The molecule has 1 aromatic heterocycles. The molecule has 0 radical (unpaired) electrons. The first-order valence-corrected chi connectivity index (χ1v) is 7.88. The van der Waals surface area contributed by atoms with Crippen molar-refractivity contribution in [2.45, 2.75) is 18.6 Å². The van der Waals surface area contributed by atoms with Gasteiger partial charge in [0.2, 0.25) is 17.2 Å². The molecule has 1 aliphatic heterocycles. The van der Waals surface area contributed by atoms with Crippen molar-refractivity contribution in [1.82, 2.24) is 0 Å². The summed E-state index contributed by atoms with van der Waals surface area (Å²) in [6.07, 6.45) is 0.575. The number of amides is 1. The SMILES string of the molecule is CC(=O)SC1CC(=O)N(c2oc3ccccc3c(=O)c2C=O)C1. The molecule has 1 amide bonds. The molecule has 0 aliphatic carbocycles. The molecule has 2 aromatic rings. The van der Waals surface area contributed by atoms with E-state index >= 15 is 0 Å². The van der Waals surface area contributed by atoms with Gasteiger partial charge in [0.15, 0.2) is 11.4 Å². The van der Waals surface area contributed by atoms with Crippen molar-refractivity contribution in [2.75, 3.05) is 11.4 Å². The highest BCUT2D eigenvalue weighted by Gasteiger charge is 2.35. The fourth-order valence-electron chi connectivity index (χ4n) is 2.63. The van der Waals surface area contributed by atoms with Crippen LogP contribution in [0.1, 0.15) is 23.7 Å². The van der Waals surface area contributed by atoms with Crippen molar-refractivity contribution in [2.24, 2.45) is 0 Å². The van der Waals surface area contributed by atoms with E-state index in [9.17, 15) is 19.2 Å². The largest absolute Gasteiger partial charge is 0.439 e. The number of hydrogen-bond donors (Lipinski definition) is 0. The Kier molecular flexibility index (Phi) is 4.04. The van der Waals surface area contributed by atoms with Gasteiger partial charge in [-0.1, -0.05) is 23.9 Å². The zero-order chi connectivity index (χ0) is 16.6. The van der Waals surface area contributed by atoms with Crippen LogP contribution >= 0.6 is 11.8 Å². The maximum absolute atomic E-state index is 12.4. The Morgan fingerprint density at radius 1 is 1.35 bits per heavy atom. The van der Waals surface area contributed by atoms with Gasteiger partial charge in [0.05, 0.1) is 5.39 Å². The monoisotopic (exact) mass is 331 g/mol. The summed E-state index contributed by atoms with van der Waals surface area (Å²) in [7, 11) is 0. The number of para-hydroxylation sites is 1. The molecule has 1 aromatic carbocycles. The van der Waals surface area contributed by atoms with Crippen LogP contribution in [0.15, 0.2) is 33.5 Å². The summed E-state index contributed by atoms with van der Waals surface area (Å²) in [5.41, 5.74) is -0.327. The lowest BCUT2D eigenvalue weighted by molar-refractivity contribution is -0.117. The lowest BCUT2D eigenvalue weighted by atomic mass is 10.1. The van der Waals surface area contributed by atoms with E-state index in [0.29, 0.717) is 17.3 Å². The van der Waals surface area contributed by atoms with E-state index < -0.39 is 5.43 Å². The van der Waals surface area contributed by atoms with E-state index in [4.69, 9.17) is 4.42 Å². The minimum atomic E-state index is -0.465. The van der Waals surface area contributed by atoms with Crippen molar-refractivity contribution >= 4 is 45.9 Å². The third-order valence-corrected chi connectivity index (χ3v) is 4.58. The first kappa shape index (κ1) is 15.5. The summed E-state index contributed by atoms with van der Waals surface area (Å²) in [6, 6.07) is 6.55. The Bertz CT molecular complexity index is 872. The van der Waals surface area contributed by atoms with E-state index in [1.165, 1.54) is 11.8 Å². The predicted molar refractivity (Wildman–Crippen MR) is 86.9 cm³/mol. The molecule has 118 valence electrons. The van der Waals surface area contributed by atoms with E-state index in [1.807, 2.05) is 0 Å². The zero-order valence-electron chi connectivity index (χ0n) is 12.3. The number of carbonyl (C=O) groups excluding carboxylic acids is 3. The van der Waals surface area contributed by atoms with Gasteiger partial charge in [-0.15, -0.1) is 0 Å². The third kappa shape index (κ3) is 2.79. The van der Waals surface area contributed by atoms with Crippen molar-refractivity contribution in [1.29, 1.82) is 0 Å². The first-order chi connectivity index (χ1) is 11.0. The average molecular weight is 331 g/mol. The van der Waals surface area contributed by atoms with E-state index in [2.05, 4.69) is 0 Å². The number of nitrogens with zero attached hydrogens (tertiary/aromatic N) is 1. The normalized spacial score (nSPS) is 17.7. The van der Waals surface area contributed by atoms with Crippen LogP contribution in [0.25, 0.3) is 11.0 Å². The molecule has 1 atom stereocenters. The van der Waals surface area contributed by atoms with Gasteiger partial charge >= 0.3 is 0 Å². The minimum absolute atomic E-state index is 0.0413. The van der Waals surface area contributed by atoms with Crippen molar-refractivity contribution < 1.29 is 18.8 Å². The summed E-state index contributed by atoms with van der Waals surface area (Å²) in [4.78, 5) is 48.5. The molecule has 7 heteroatoms. The number of anilines is 1. The molecular weight excluding hydrogens is 318 g/mol. The highest BCUT2D eigenvalue weighted by atomic mass is 32.2. The number of thioether (sulfide) groups is 1. The topological polar surface area (TPSA) is 84.7 Å². The van der Waals surface area contributed by atoms with Crippen molar-refractivity contribution in [3.8, 4) is 0 Å². The molecule has 0 bridgehead atoms. The van der Waals surface area contributed by atoms with Crippen LogP contribution in [0, 0.1) is 0 Å². The molecule has 1 saturated heterocycles. The van der Waals surface area contributed by atoms with Crippen LogP contribution in [0.5, 0.6) is 0 Å². The Balaban J connectivity index is 2.09. The Hall–Kier alpha value is -2.41. The Morgan fingerprint density at radius 3 is 2.78 bits per heavy atom. The van der Waals surface area contributed by atoms with Crippen LogP contribution in [-0.2, 0) is 9.59 Å². The zero-order valence-corrected chi connectivity index (χ0v) is 13.1. The lowest BCUT2D eigenvalue weighted by Gasteiger charge is -2.16. The summed E-state index contributed by atoms with van der Waals surface area (Å²) in [5, 5.41) is -0.00356. The maximum Gasteiger partial charge on any atom is 0.230 e. The minimum Gasteiger partial charge on any atom is -0.439 e. The highest BCUT2D eigenvalue weighted by Crippen LogP contribution is 2.31. The summed E-state index contributed by atoms with van der Waals surface area (Å²) in [5.74, 6) is -0.314.